The van der Waals surface area contributed by atoms with Crippen molar-refractivity contribution in [2.24, 2.45) is 0 Å². The highest BCUT2D eigenvalue weighted by molar-refractivity contribution is 5.87. The van der Waals surface area contributed by atoms with Gasteiger partial charge in [0.15, 0.2) is 6.10 Å². The van der Waals surface area contributed by atoms with Crippen LogP contribution in [0, 0.1) is 5.82 Å². The molecule has 0 saturated heterocycles. The number of halogens is 1. The molecule has 0 fully saturated rings. The lowest BCUT2D eigenvalue weighted by Crippen LogP contribution is -2.45. The summed E-state index contributed by atoms with van der Waals surface area (Å²) in [6.07, 6.45) is -0.661. The standard InChI is InChI=1S/C19H20FNO4/c1-24-17(14-6-4-3-5-7-14)18(22)21-16(19(23)25-2)12-13-8-10-15(20)11-9-13/h3-11,16-17H,12H2,1-2H3,(H,21,22)/t16-,17-/m1/s1. The van der Waals surface area contributed by atoms with Gasteiger partial charge in [-0.05, 0) is 23.3 Å². The molecule has 6 heteroatoms. The second-order valence-electron chi connectivity index (χ2n) is 5.44. The first kappa shape index (κ1) is 18.6. The van der Waals surface area contributed by atoms with Crippen LogP contribution in [-0.4, -0.2) is 32.1 Å². The van der Waals surface area contributed by atoms with E-state index in [2.05, 4.69) is 5.32 Å². The van der Waals surface area contributed by atoms with Crippen molar-refractivity contribution in [1.29, 1.82) is 0 Å². The lowest BCUT2D eigenvalue weighted by molar-refractivity contribution is -0.146. The maximum absolute atomic E-state index is 13.0. The van der Waals surface area contributed by atoms with E-state index in [1.54, 1.807) is 36.4 Å². The monoisotopic (exact) mass is 345 g/mol. The largest absolute Gasteiger partial charge is 0.467 e. The summed E-state index contributed by atoms with van der Waals surface area (Å²) in [5.41, 5.74) is 1.37. The van der Waals surface area contributed by atoms with Crippen molar-refractivity contribution >= 4 is 11.9 Å². The van der Waals surface area contributed by atoms with Gasteiger partial charge in [0, 0.05) is 13.5 Å². The highest BCUT2D eigenvalue weighted by Gasteiger charge is 2.27. The Morgan fingerprint density at radius 3 is 2.24 bits per heavy atom. The van der Waals surface area contributed by atoms with Crippen molar-refractivity contribution in [2.75, 3.05) is 14.2 Å². The molecule has 0 saturated carbocycles. The molecule has 132 valence electrons. The second kappa shape index (κ2) is 8.94. The van der Waals surface area contributed by atoms with Crippen LogP contribution in [0.25, 0.3) is 0 Å². The van der Waals surface area contributed by atoms with Crippen LogP contribution < -0.4 is 5.32 Å². The van der Waals surface area contributed by atoms with Gasteiger partial charge in [0.1, 0.15) is 11.9 Å². The van der Waals surface area contributed by atoms with Crippen LogP contribution in [0.15, 0.2) is 54.6 Å². The van der Waals surface area contributed by atoms with Crippen molar-refractivity contribution in [2.45, 2.75) is 18.6 Å². The number of methoxy groups -OCH3 is 2. The zero-order valence-corrected chi connectivity index (χ0v) is 14.1. The molecule has 0 aromatic heterocycles. The van der Waals surface area contributed by atoms with Crippen molar-refractivity contribution in [3.63, 3.8) is 0 Å². The summed E-state index contributed by atoms with van der Waals surface area (Å²) in [6.45, 7) is 0. The molecule has 2 atom stereocenters. The predicted molar refractivity (Wildman–Crippen MR) is 90.2 cm³/mol. The zero-order valence-electron chi connectivity index (χ0n) is 14.1. The third kappa shape index (κ3) is 5.12. The summed E-state index contributed by atoms with van der Waals surface area (Å²) < 4.78 is 23.0. The van der Waals surface area contributed by atoms with Gasteiger partial charge in [0.05, 0.1) is 7.11 Å². The van der Waals surface area contributed by atoms with Gasteiger partial charge in [-0.1, -0.05) is 42.5 Å². The molecular formula is C19H20FNO4. The number of benzene rings is 2. The van der Waals surface area contributed by atoms with E-state index in [1.165, 1.54) is 26.4 Å². The number of ether oxygens (including phenoxy) is 2. The van der Waals surface area contributed by atoms with E-state index in [0.717, 1.165) is 0 Å². The van der Waals surface area contributed by atoms with Crippen LogP contribution in [-0.2, 0) is 25.5 Å². The van der Waals surface area contributed by atoms with E-state index in [0.29, 0.717) is 11.1 Å². The van der Waals surface area contributed by atoms with Crippen molar-refractivity contribution < 1.29 is 23.5 Å². The van der Waals surface area contributed by atoms with Crippen LogP contribution in [0.3, 0.4) is 0 Å². The average molecular weight is 345 g/mol. The van der Waals surface area contributed by atoms with Crippen LogP contribution in [0.1, 0.15) is 17.2 Å². The number of hydrogen-bond donors (Lipinski definition) is 1. The maximum atomic E-state index is 13.0. The van der Waals surface area contributed by atoms with Gasteiger partial charge in [-0.25, -0.2) is 9.18 Å². The summed E-state index contributed by atoms with van der Waals surface area (Å²) in [5.74, 6) is -1.40. The third-order valence-corrected chi connectivity index (χ3v) is 3.73. The normalized spacial score (nSPS) is 12.9. The molecule has 0 spiro atoms. The van der Waals surface area contributed by atoms with Crippen LogP contribution in [0.2, 0.25) is 0 Å². The molecule has 1 N–H and O–H groups in total. The number of hydrogen-bond acceptors (Lipinski definition) is 4. The Bertz CT molecular complexity index is 703. The summed E-state index contributed by atoms with van der Waals surface area (Å²) >= 11 is 0. The van der Waals surface area contributed by atoms with E-state index >= 15 is 0 Å². The van der Waals surface area contributed by atoms with E-state index in [9.17, 15) is 14.0 Å². The number of nitrogens with one attached hydrogen (secondary N) is 1. The number of carbonyl (C=O) groups excluding carboxylic acids is 2. The van der Waals surface area contributed by atoms with Gasteiger partial charge < -0.3 is 14.8 Å². The van der Waals surface area contributed by atoms with Gasteiger partial charge in [0.25, 0.3) is 5.91 Å². The molecule has 0 aliphatic heterocycles. The number of esters is 1. The molecule has 0 aliphatic rings. The maximum Gasteiger partial charge on any atom is 0.328 e. The van der Waals surface area contributed by atoms with E-state index in [1.807, 2.05) is 6.07 Å². The Morgan fingerprint density at radius 1 is 1.04 bits per heavy atom. The zero-order chi connectivity index (χ0) is 18.2. The van der Waals surface area contributed by atoms with Gasteiger partial charge in [-0.2, -0.15) is 0 Å². The second-order valence-corrected chi connectivity index (χ2v) is 5.44. The molecule has 2 rings (SSSR count). The molecule has 0 aliphatic carbocycles. The third-order valence-electron chi connectivity index (χ3n) is 3.73. The topological polar surface area (TPSA) is 64.6 Å². The predicted octanol–water partition coefficient (Wildman–Crippen LogP) is 2.41. The molecule has 0 bridgehead atoms. The molecule has 2 aromatic rings. The number of amides is 1. The lowest BCUT2D eigenvalue weighted by atomic mass is 10.0. The molecule has 25 heavy (non-hydrogen) atoms. The van der Waals surface area contributed by atoms with E-state index in [4.69, 9.17) is 9.47 Å². The molecule has 1 amide bonds. The molecule has 0 unspecified atom stereocenters. The number of rotatable bonds is 7. The Labute approximate surface area is 145 Å². The first-order valence-corrected chi connectivity index (χ1v) is 7.75. The van der Waals surface area contributed by atoms with Gasteiger partial charge in [0.2, 0.25) is 0 Å². The lowest BCUT2D eigenvalue weighted by Gasteiger charge is -2.21. The molecule has 2 aromatic carbocycles. The fourth-order valence-electron chi connectivity index (χ4n) is 2.46. The van der Waals surface area contributed by atoms with Crippen molar-refractivity contribution in [1.82, 2.24) is 5.32 Å². The Kier molecular flexibility index (Phi) is 6.65. The van der Waals surface area contributed by atoms with Crippen LogP contribution >= 0.6 is 0 Å². The first-order chi connectivity index (χ1) is 12.0. The van der Waals surface area contributed by atoms with Crippen LogP contribution in [0.4, 0.5) is 4.39 Å². The van der Waals surface area contributed by atoms with E-state index in [-0.39, 0.29) is 12.2 Å². The minimum atomic E-state index is -0.899. The Morgan fingerprint density at radius 2 is 1.68 bits per heavy atom. The van der Waals surface area contributed by atoms with Gasteiger partial charge in [-0.3, -0.25) is 4.79 Å². The molecule has 0 heterocycles. The minimum Gasteiger partial charge on any atom is -0.467 e. The molecule has 0 radical (unpaired) electrons. The van der Waals surface area contributed by atoms with Gasteiger partial charge in [-0.15, -0.1) is 0 Å². The average Bonchev–Trinajstić information content (AvgIpc) is 2.64. The molecule has 5 nitrogen and oxygen atoms in total. The highest BCUT2D eigenvalue weighted by Crippen LogP contribution is 2.17. The van der Waals surface area contributed by atoms with Gasteiger partial charge >= 0.3 is 5.97 Å². The smallest absolute Gasteiger partial charge is 0.328 e. The highest BCUT2D eigenvalue weighted by atomic mass is 19.1. The number of carbonyl (C=O) groups is 2. The van der Waals surface area contributed by atoms with Crippen molar-refractivity contribution in [3.8, 4) is 0 Å². The Hall–Kier alpha value is -2.73. The van der Waals surface area contributed by atoms with Crippen molar-refractivity contribution in [3.05, 3.63) is 71.5 Å². The summed E-state index contributed by atoms with van der Waals surface area (Å²) in [7, 11) is 2.67. The van der Waals surface area contributed by atoms with E-state index < -0.39 is 24.0 Å². The van der Waals surface area contributed by atoms with Crippen LogP contribution in [0.5, 0.6) is 0 Å². The summed E-state index contributed by atoms with van der Waals surface area (Å²) in [5, 5.41) is 2.65. The summed E-state index contributed by atoms with van der Waals surface area (Å²) in [4.78, 5) is 24.6. The quantitative estimate of drug-likeness (QED) is 0.783. The summed E-state index contributed by atoms with van der Waals surface area (Å²) in [6, 6.07) is 13.8. The Balaban J connectivity index is 2.13. The first-order valence-electron chi connectivity index (χ1n) is 7.75. The SMILES string of the molecule is COC(=O)[C@@H](Cc1ccc(F)cc1)NC(=O)[C@H](OC)c1ccccc1. The minimum absolute atomic E-state index is 0.184. The molecular weight excluding hydrogens is 325 g/mol. The fourth-order valence-corrected chi connectivity index (χ4v) is 2.46. The fraction of sp³-hybridized carbons (Fsp3) is 0.263.